The zero-order valence-corrected chi connectivity index (χ0v) is 13.4. The first-order valence-corrected chi connectivity index (χ1v) is 7.82. The van der Waals surface area contributed by atoms with Crippen LogP contribution in [0.15, 0.2) is 53.1 Å². The highest BCUT2D eigenvalue weighted by Crippen LogP contribution is 2.31. The summed E-state index contributed by atoms with van der Waals surface area (Å²) in [5.74, 6) is -1.50. The second kappa shape index (κ2) is 6.54. The minimum Gasteiger partial charge on any atom is -0.344 e. The van der Waals surface area contributed by atoms with Crippen molar-refractivity contribution in [1.82, 2.24) is 10.1 Å². The third-order valence-electron chi connectivity index (χ3n) is 4.01. The average molecular weight is 362 g/mol. The number of aromatic nitrogens is 2. The number of halogens is 3. The van der Waals surface area contributed by atoms with Crippen molar-refractivity contribution in [1.29, 1.82) is 0 Å². The van der Waals surface area contributed by atoms with Crippen molar-refractivity contribution >= 4 is 0 Å². The van der Waals surface area contributed by atoms with Crippen LogP contribution < -0.4 is 0 Å². The van der Waals surface area contributed by atoms with Gasteiger partial charge in [-0.1, -0.05) is 53.7 Å². The molecule has 0 saturated heterocycles. The van der Waals surface area contributed by atoms with Crippen LogP contribution in [0.5, 0.6) is 0 Å². The highest BCUT2D eigenvalue weighted by atomic mass is 19.4. The van der Waals surface area contributed by atoms with E-state index in [1.807, 2.05) is 24.3 Å². The predicted molar refractivity (Wildman–Crippen MR) is 83.5 cm³/mol. The van der Waals surface area contributed by atoms with Crippen LogP contribution in [0, 0.1) is 0 Å². The summed E-state index contributed by atoms with van der Waals surface area (Å²) >= 11 is 0. The molecule has 8 heteroatoms. The average Bonchev–Trinajstić information content (AvgIpc) is 3.04. The van der Waals surface area contributed by atoms with E-state index in [-0.39, 0.29) is 5.82 Å². The van der Waals surface area contributed by atoms with Gasteiger partial charge in [-0.05, 0) is 11.1 Å². The molecule has 0 unspecified atom stereocenters. The molecule has 0 spiro atoms. The first-order valence-electron chi connectivity index (χ1n) is 7.82. The van der Waals surface area contributed by atoms with Gasteiger partial charge in [0, 0.05) is 11.1 Å². The number of fused-ring (bicyclic) bond motifs is 1. The zero-order chi connectivity index (χ0) is 18.1. The molecule has 0 bridgehead atoms. The Morgan fingerprint density at radius 2 is 1.50 bits per heavy atom. The van der Waals surface area contributed by atoms with Crippen LogP contribution in [0.1, 0.15) is 28.9 Å². The molecule has 1 aliphatic rings. The Hall–Kier alpha value is -2.71. The molecular weight excluding hydrogens is 349 g/mol. The summed E-state index contributed by atoms with van der Waals surface area (Å²) in [7, 11) is 0. The fraction of sp³-hybridized carbons (Fsp3) is 0.222. The van der Waals surface area contributed by atoms with Crippen LogP contribution in [-0.2, 0) is 28.9 Å². The van der Waals surface area contributed by atoms with E-state index in [1.165, 1.54) is 0 Å². The second-order valence-electron chi connectivity index (χ2n) is 5.77. The van der Waals surface area contributed by atoms with Gasteiger partial charge in [0.2, 0.25) is 5.82 Å². The van der Waals surface area contributed by atoms with Crippen LogP contribution in [0.25, 0.3) is 11.4 Å². The van der Waals surface area contributed by atoms with Gasteiger partial charge in [-0.3, -0.25) is 0 Å². The summed E-state index contributed by atoms with van der Waals surface area (Å²) in [4.78, 5) is 3.37. The monoisotopic (exact) mass is 362 g/mol. The van der Waals surface area contributed by atoms with Gasteiger partial charge >= 0.3 is 12.1 Å². The van der Waals surface area contributed by atoms with Gasteiger partial charge in [0.05, 0.1) is 13.2 Å². The van der Waals surface area contributed by atoms with Crippen molar-refractivity contribution in [3.63, 3.8) is 0 Å². The third-order valence-corrected chi connectivity index (χ3v) is 4.01. The van der Waals surface area contributed by atoms with Crippen molar-refractivity contribution in [3.05, 3.63) is 71.1 Å². The number of alkyl halides is 3. The summed E-state index contributed by atoms with van der Waals surface area (Å²) in [6, 6.07) is 14.5. The molecule has 2 aromatic carbocycles. The number of benzene rings is 2. The lowest BCUT2D eigenvalue weighted by Crippen LogP contribution is -2.05. The molecule has 5 nitrogen and oxygen atoms in total. The van der Waals surface area contributed by atoms with E-state index in [2.05, 4.69) is 14.7 Å². The smallest absolute Gasteiger partial charge is 0.344 e. The predicted octanol–water partition coefficient (Wildman–Crippen LogP) is 4.50. The van der Waals surface area contributed by atoms with Crippen molar-refractivity contribution in [2.45, 2.75) is 25.7 Å². The number of hydrogen-bond donors (Lipinski definition) is 0. The molecule has 134 valence electrons. The lowest BCUT2D eigenvalue weighted by Gasteiger charge is -2.15. The maximum atomic E-state index is 12.5. The summed E-state index contributed by atoms with van der Waals surface area (Å²) < 4.78 is 53.5. The summed E-state index contributed by atoms with van der Waals surface area (Å²) in [5.41, 5.74) is 3.29. The Kier molecular flexibility index (Phi) is 4.21. The molecule has 1 aliphatic heterocycles. The fourth-order valence-corrected chi connectivity index (χ4v) is 2.66. The molecule has 4 rings (SSSR count). The Balaban J connectivity index is 1.51. The van der Waals surface area contributed by atoms with E-state index < -0.39 is 18.4 Å². The topological polar surface area (TPSA) is 57.4 Å². The van der Waals surface area contributed by atoms with Crippen molar-refractivity contribution in [3.8, 4) is 11.4 Å². The van der Waals surface area contributed by atoms with Gasteiger partial charge in [0.25, 0.3) is 0 Å². The minimum atomic E-state index is -4.66. The van der Waals surface area contributed by atoms with Crippen LogP contribution in [0.4, 0.5) is 13.2 Å². The van der Waals surface area contributed by atoms with E-state index >= 15 is 0 Å². The van der Waals surface area contributed by atoms with E-state index in [4.69, 9.17) is 9.47 Å². The molecule has 3 aromatic rings. The summed E-state index contributed by atoms with van der Waals surface area (Å²) in [6.07, 6.45) is -5.23. The number of nitrogens with zero attached hydrogens (tertiary/aromatic N) is 2. The Labute approximate surface area is 146 Å². The maximum Gasteiger partial charge on any atom is 0.471 e. The Morgan fingerprint density at radius 1 is 0.885 bits per heavy atom. The number of hydrogen-bond acceptors (Lipinski definition) is 5. The molecule has 0 fully saturated rings. The highest BCUT2D eigenvalue weighted by Gasteiger charge is 2.38. The van der Waals surface area contributed by atoms with Gasteiger partial charge in [-0.2, -0.15) is 18.2 Å². The third kappa shape index (κ3) is 3.33. The molecule has 0 radical (unpaired) electrons. The van der Waals surface area contributed by atoms with Gasteiger partial charge in [-0.15, -0.1) is 0 Å². The SMILES string of the molecule is FC(F)(F)c1nc(-c2ccc(C3OCc4ccccc4CO3)cc2)no1. The number of rotatable bonds is 2. The van der Waals surface area contributed by atoms with E-state index in [9.17, 15) is 13.2 Å². The van der Waals surface area contributed by atoms with E-state index in [1.54, 1.807) is 24.3 Å². The van der Waals surface area contributed by atoms with E-state index in [0.29, 0.717) is 18.8 Å². The maximum absolute atomic E-state index is 12.5. The Bertz CT molecular complexity index is 880. The van der Waals surface area contributed by atoms with Crippen LogP contribution in [0.3, 0.4) is 0 Å². The molecule has 0 amide bonds. The minimum absolute atomic E-state index is 0.126. The van der Waals surface area contributed by atoms with Gasteiger partial charge in [-0.25, -0.2) is 0 Å². The molecule has 1 aromatic heterocycles. The molecule has 0 atom stereocenters. The molecule has 26 heavy (non-hydrogen) atoms. The normalized spacial score (nSPS) is 15.5. The standard InChI is InChI=1S/C18H13F3N2O3/c19-18(20,21)17-22-15(23-26-17)11-5-7-12(8-6-11)16-24-9-13-3-1-2-4-14(13)10-25-16/h1-8,16H,9-10H2. The van der Waals surface area contributed by atoms with Gasteiger partial charge in [0.15, 0.2) is 6.29 Å². The van der Waals surface area contributed by atoms with Crippen molar-refractivity contribution < 1.29 is 27.2 Å². The van der Waals surface area contributed by atoms with Crippen molar-refractivity contribution in [2.75, 3.05) is 0 Å². The molecule has 0 saturated carbocycles. The van der Waals surface area contributed by atoms with Gasteiger partial charge < -0.3 is 14.0 Å². The lowest BCUT2D eigenvalue weighted by molar-refractivity contribution is -0.159. The largest absolute Gasteiger partial charge is 0.471 e. The number of ether oxygens (including phenoxy) is 2. The van der Waals surface area contributed by atoms with Crippen molar-refractivity contribution in [2.24, 2.45) is 0 Å². The molecule has 0 N–H and O–H groups in total. The van der Waals surface area contributed by atoms with Crippen LogP contribution in [0.2, 0.25) is 0 Å². The lowest BCUT2D eigenvalue weighted by atomic mass is 10.1. The first-order chi connectivity index (χ1) is 12.5. The van der Waals surface area contributed by atoms with E-state index in [0.717, 1.165) is 16.7 Å². The van der Waals surface area contributed by atoms with Gasteiger partial charge in [0.1, 0.15) is 0 Å². The molecule has 0 aliphatic carbocycles. The highest BCUT2D eigenvalue weighted by molar-refractivity contribution is 5.54. The van der Waals surface area contributed by atoms with Crippen LogP contribution in [-0.4, -0.2) is 10.1 Å². The van der Waals surface area contributed by atoms with Crippen LogP contribution >= 0.6 is 0 Å². The zero-order valence-electron chi connectivity index (χ0n) is 13.4. The fourth-order valence-electron chi connectivity index (χ4n) is 2.66. The second-order valence-corrected chi connectivity index (χ2v) is 5.77. The quantitative estimate of drug-likeness (QED) is 0.672. The first kappa shape index (κ1) is 16.7. The molecule has 2 heterocycles. The summed E-state index contributed by atoms with van der Waals surface area (Å²) in [6.45, 7) is 0.838. The molecular formula is C18H13F3N2O3. The Morgan fingerprint density at radius 3 is 2.04 bits per heavy atom. The summed E-state index contributed by atoms with van der Waals surface area (Å²) in [5, 5.41) is 3.37.